The zero-order chi connectivity index (χ0) is 17.7. The van der Waals surface area contributed by atoms with E-state index in [1.54, 1.807) is 0 Å². The average molecular weight is 368 g/mol. The van der Waals surface area contributed by atoms with Crippen LogP contribution in [0.4, 0.5) is 0 Å². The third kappa shape index (κ3) is 2.32. The van der Waals surface area contributed by atoms with Crippen LogP contribution in [-0.2, 0) is 11.3 Å². The lowest BCUT2D eigenvalue weighted by atomic mass is 9.85. The second-order valence-corrected chi connectivity index (χ2v) is 8.18. The van der Waals surface area contributed by atoms with E-state index in [2.05, 4.69) is 16.0 Å². The highest BCUT2D eigenvalue weighted by Crippen LogP contribution is 2.55. The molecule has 0 radical (unpaired) electrons. The summed E-state index contributed by atoms with van der Waals surface area (Å²) in [6.45, 7) is 2.49. The first-order valence-electron chi connectivity index (χ1n) is 9.40. The van der Waals surface area contributed by atoms with Gasteiger partial charge in [-0.25, -0.2) is 0 Å². The molecular weight excluding hydrogens is 346 g/mol. The van der Waals surface area contributed by atoms with Crippen molar-refractivity contribution in [3.05, 3.63) is 64.9 Å². The summed E-state index contributed by atoms with van der Waals surface area (Å²) >= 11 is 6.12. The van der Waals surface area contributed by atoms with E-state index >= 15 is 0 Å². The maximum Gasteiger partial charge on any atom is 0.243 e. The molecule has 1 amide bonds. The summed E-state index contributed by atoms with van der Waals surface area (Å²) in [7, 11) is 0. The quantitative estimate of drug-likeness (QED) is 0.830. The Morgan fingerprint density at radius 3 is 2.96 bits per heavy atom. The van der Waals surface area contributed by atoms with E-state index in [9.17, 15) is 4.79 Å². The first-order chi connectivity index (χ1) is 12.7. The van der Waals surface area contributed by atoms with Crippen molar-refractivity contribution in [2.75, 3.05) is 13.1 Å². The normalized spacial score (nSPS) is 30.7. The predicted molar refractivity (Wildman–Crippen MR) is 101 cm³/mol. The Bertz CT molecular complexity index is 842. The first-order valence-corrected chi connectivity index (χ1v) is 9.78. The molecule has 134 valence electrons. The molecule has 0 bridgehead atoms. The molecule has 3 atom stereocenters. The fourth-order valence-corrected chi connectivity index (χ4v) is 5.64. The van der Waals surface area contributed by atoms with Crippen molar-refractivity contribution in [2.24, 2.45) is 5.92 Å². The van der Waals surface area contributed by atoms with E-state index in [4.69, 9.17) is 11.6 Å². The number of likely N-dealkylation sites (tertiary alicyclic amines) is 1. The Kier molecular flexibility index (Phi) is 3.80. The highest BCUT2D eigenvalue weighted by atomic mass is 35.5. The standard InChI is InChI=1S/C21H22ClN3O/c22-17-6-3-5-15(11-17)13-24-14-16-12-19(18-7-1-2-9-23-18)25-10-4-8-21(16,25)20(24)26/h1-3,5-7,9,11,16,19H,4,8,10,12-14H2/t16-,19-,21-/m0/s1. The van der Waals surface area contributed by atoms with Crippen molar-refractivity contribution in [2.45, 2.75) is 37.4 Å². The van der Waals surface area contributed by atoms with Crippen LogP contribution in [-0.4, -0.2) is 39.3 Å². The molecule has 1 aromatic carbocycles. The number of pyridine rings is 1. The van der Waals surface area contributed by atoms with Crippen LogP contribution < -0.4 is 0 Å². The molecule has 1 spiro atoms. The van der Waals surface area contributed by atoms with E-state index in [0.29, 0.717) is 18.4 Å². The number of carbonyl (C=O) groups excluding carboxylic acids is 1. The summed E-state index contributed by atoms with van der Waals surface area (Å²) in [4.78, 5) is 22.6. The van der Waals surface area contributed by atoms with E-state index in [1.165, 1.54) is 0 Å². The predicted octanol–water partition coefficient (Wildman–Crippen LogP) is 3.67. The first kappa shape index (κ1) is 16.3. The van der Waals surface area contributed by atoms with Gasteiger partial charge in [-0.05, 0) is 55.6 Å². The molecule has 3 aliphatic rings. The average Bonchev–Trinajstić information content (AvgIpc) is 3.27. The Morgan fingerprint density at radius 2 is 2.15 bits per heavy atom. The van der Waals surface area contributed by atoms with Gasteiger partial charge in [0.2, 0.25) is 5.91 Å². The molecule has 0 saturated carbocycles. The summed E-state index contributed by atoms with van der Waals surface area (Å²) in [5.41, 5.74) is 1.91. The molecule has 0 aliphatic carbocycles. The fraction of sp³-hybridized carbons (Fsp3) is 0.429. The smallest absolute Gasteiger partial charge is 0.243 e. The van der Waals surface area contributed by atoms with Gasteiger partial charge < -0.3 is 4.90 Å². The van der Waals surface area contributed by atoms with Crippen molar-refractivity contribution < 1.29 is 4.79 Å². The van der Waals surface area contributed by atoms with Crippen molar-refractivity contribution >= 4 is 17.5 Å². The minimum Gasteiger partial charge on any atom is -0.336 e. The molecule has 3 fully saturated rings. The van der Waals surface area contributed by atoms with E-state index in [1.807, 2.05) is 47.5 Å². The van der Waals surface area contributed by atoms with Crippen LogP contribution in [0.2, 0.25) is 5.02 Å². The van der Waals surface area contributed by atoms with Crippen molar-refractivity contribution in [1.29, 1.82) is 0 Å². The second-order valence-electron chi connectivity index (χ2n) is 7.74. The number of rotatable bonds is 3. The second kappa shape index (κ2) is 6.07. The van der Waals surface area contributed by atoms with Gasteiger partial charge in [0.05, 0.1) is 11.7 Å². The zero-order valence-corrected chi connectivity index (χ0v) is 15.4. The number of hydrogen-bond donors (Lipinski definition) is 0. The molecular formula is C21H22ClN3O. The van der Waals surface area contributed by atoms with Gasteiger partial charge in [-0.15, -0.1) is 0 Å². The number of hydrogen-bond acceptors (Lipinski definition) is 3. The Morgan fingerprint density at radius 1 is 1.23 bits per heavy atom. The van der Waals surface area contributed by atoms with E-state index < -0.39 is 0 Å². The highest BCUT2D eigenvalue weighted by Gasteiger charge is 2.65. The van der Waals surface area contributed by atoms with Gasteiger partial charge in [0, 0.05) is 30.2 Å². The maximum atomic E-state index is 13.5. The molecule has 1 aromatic heterocycles. The van der Waals surface area contributed by atoms with Gasteiger partial charge in [-0.1, -0.05) is 29.8 Å². The van der Waals surface area contributed by atoms with Crippen molar-refractivity contribution in [1.82, 2.24) is 14.8 Å². The van der Waals surface area contributed by atoms with Crippen molar-refractivity contribution in [3.8, 4) is 0 Å². The van der Waals surface area contributed by atoms with Gasteiger partial charge in [0.25, 0.3) is 0 Å². The summed E-state index contributed by atoms with van der Waals surface area (Å²) < 4.78 is 0. The lowest BCUT2D eigenvalue weighted by Crippen LogP contribution is -2.49. The number of carbonyl (C=O) groups is 1. The van der Waals surface area contributed by atoms with Crippen LogP contribution in [0.3, 0.4) is 0 Å². The molecule has 5 rings (SSSR count). The van der Waals surface area contributed by atoms with Crippen LogP contribution in [0.1, 0.15) is 36.6 Å². The lowest BCUT2D eigenvalue weighted by molar-refractivity contribution is -0.137. The molecule has 4 heterocycles. The molecule has 3 saturated heterocycles. The third-order valence-electron chi connectivity index (χ3n) is 6.42. The van der Waals surface area contributed by atoms with Gasteiger partial charge in [0.15, 0.2) is 0 Å². The summed E-state index contributed by atoms with van der Waals surface area (Å²) in [5, 5.41) is 0.727. The molecule has 5 heteroatoms. The highest BCUT2D eigenvalue weighted by molar-refractivity contribution is 6.30. The minimum absolute atomic E-state index is 0.279. The summed E-state index contributed by atoms with van der Waals surface area (Å²) in [6.07, 6.45) is 4.96. The molecule has 4 nitrogen and oxygen atoms in total. The Hall–Kier alpha value is -1.91. The number of nitrogens with zero attached hydrogens (tertiary/aromatic N) is 3. The molecule has 2 aromatic rings. The number of benzene rings is 1. The van der Waals surface area contributed by atoms with Gasteiger partial charge in [-0.3, -0.25) is 14.7 Å². The minimum atomic E-state index is -0.305. The molecule has 26 heavy (non-hydrogen) atoms. The largest absolute Gasteiger partial charge is 0.336 e. The monoisotopic (exact) mass is 367 g/mol. The maximum absolute atomic E-state index is 13.5. The van der Waals surface area contributed by atoms with E-state index in [-0.39, 0.29) is 11.6 Å². The van der Waals surface area contributed by atoms with Crippen LogP contribution in [0.25, 0.3) is 0 Å². The molecule has 0 unspecified atom stereocenters. The number of halogens is 1. The van der Waals surface area contributed by atoms with Gasteiger partial charge in [0.1, 0.15) is 5.54 Å². The molecule has 3 aliphatic heterocycles. The van der Waals surface area contributed by atoms with Gasteiger partial charge >= 0.3 is 0 Å². The summed E-state index contributed by atoms with van der Waals surface area (Å²) in [5.74, 6) is 0.696. The third-order valence-corrected chi connectivity index (χ3v) is 6.65. The number of amides is 1. The van der Waals surface area contributed by atoms with Crippen LogP contribution in [0.15, 0.2) is 48.7 Å². The summed E-state index contributed by atoms with van der Waals surface area (Å²) in [6, 6.07) is 14.2. The van der Waals surface area contributed by atoms with Crippen LogP contribution in [0, 0.1) is 5.92 Å². The van der Waals surface area contributed by atoms with Gasteiger partial charge in [-0.2, -0.15) is 0 Å². The molecule has 0 N–H and O–H groups in total. The lowest BCUT2D eigenvalue weighted by Gasteiger charge is -2.33. The fourth-order valence-electron chi connectivity index (χ4n) is 5.42. The van der Waals surface area contributed by atoms with Crippen LogP contribution in [0.5, 0.6) is 0 Å². The zero-order valence-electron chi connectivity index (χ0n) is 14.6. The van der Waals surface area contributed by atoms with Crippen LogP contribution >= 0.6 is 11.6 Å². The topological polar surface area (TPSA) is 36.4 Å². The Balaban J connectivity index is 1.43. The number of aromatic nitrogens is 1. The SMILES string of the molecule is O=C1N(Cc2cccc(Cl)c2)C[C@@H]2C[C@@H](c3ccccn3)N3CCC[C@@]123. The Labute approximate surface area is 158 Å². The van der Waals surface area contributed by atoms with Crippen molar-refractivity contribution in [3.63, 3.8) is 0 Å². The van der Waals surface area contributed by atoms with E-state index in [0.717, 1.165) is 48.6 Å².